The van der Waals surface area contributed by atoms with Gasteiger partial charge in [0.15, 0.2) is 5.82 Å². The number of likely N-dealkylation sites (N-methyl/N-ethyl adjacent to an activating group) is 1. The van der Waals surface area contributed by atoms with E-state index in [0.717, 1.165) is 37.4 Å². The fourth-order valence-corrected chi connectivity index (χ4v) is 3.57. The van der Waals surface area contributed by atoms with Crippen molar-refractivity contribution in [3.63, 3.8) is 0 Å². The molecule has 25 heavy (non-hydrogen) atoms. The lowest BCUT2D eigenvalue weighted by Gasteiger charge is -2.27. The van der Waals surface area contributed by atoms with Crippen molar-refractivity contribution >= 4 is 0 Å². The highest BCUT2D eigenvalue weighted by molar-refractivity contribution is 5.04. The second kappa shape index (κ2) is 6.84. The molecule has 7 nitrogen and oxygen atoms in total. The van der Waals surface area contributed by atoms with Crippen LogP contribution < -0.4 is 0 Å². The summed E-state index contributed by atoms with van der Waals surface area (Å²) in [5, 5.41) is 8.26. The summed E-state index contributed by atoms with van der Waals surface area (Å²) in [6, 6.07) is 2.17. The normalized spacial score (nSPS) is 24.5. The van der Waals surface area contributed by atoms with Crippen LogP contribution in [0.25, 0.3) is 0 Å². The van der Waals surface area contributed by atoms with Gasteiger partial charge in [-0.15, -0.1) is 0 Å². The highest BCUT2D eigenvalue weighted by Gasteiger charge is 2.33. The molecule has 0 spiro atoms. The molecule has 0 bridgehead atoms. The molecule has 2 aromatic rings. The van der Waals surface area contributed by atoms with Gasteiger partial charge in [0.1, 0.15) is 6.17 Å². The summed E-state index contributed by atoms with van der Waals surface area (Å²) in [4.78, 5) is 8.83. The standard InChI is InChI=1S/C17H25FN6O/c1-22(11-16-20-17(21-25-16)12-3-4-12)9-15-7-13(18)8-24(15)10-14-5-6-19-23(14)2/h5-6,12-13,15H,3-4,7-11H2,1-2H3/t13-,15-/m0/s1. The van der Waals surface area contributed by atoms with Crippen molar-refractivity contribution in [1.82, 2.24) is 29.7 Å². The van der Waals surface area contributed by atoms with Gasteiger partial charge >= 0.3 is 0 Å². The number of alkyl halides is 1. The van der Waals surface area contributed by atoms with Gasteiger partial charge in [-0.1, -0.05) is 5.16 Å². The molecule has 2 aromatic heterocycles. The van der Waals surface area contributed by atoms with Crippen LogP contribution >= 0.6 is 0 Å². The van der Waals surface area contributed by atoms with Crippen molar-refractivity contribution in [1.29, 1.82) is 0 Å². The van der Waals surface area contributed by atoms with Gasteiger partial charge in [-0.3, -0.25) is 14.5 Å². The second-order valence-electron chi connectivity index (χ2n) is 7.38. The molecule has 2 atom stereocenters. The van der Waals surface area contributed by atoms with Crippen molar-refractivity contribution < 1.29 is 8.91 Å². The Hall–Kier alpha value is -1.80. The van der Waals surface area contributed by atoms with Crippen molar-refractivity contribution in [2.75, 3.05) is 20.1 Å². The number of halogens is 1. The third-order valence-corrected chi connectivity index (χ3v) is 5.12. The lowest BCUT2D eigenvalue weighted by Crippen LogP contribution is -2.38. The van der Waals surface area contributed by atoms with Crippen LogP contribution in [0.1, 0.15) is 42.6 Å². The Morgan fingerprint density at radius 3 is 2.96 bits per heavy atom. The monoisotopic (exact) mass is 348 g/mol. The van der Waals surface area contributed by atoms with Crippen molar-refractivity contribution in [3.05, 3.63) is 29.7 Å². The molecular formula is C17H25FN6O. The zero-order chi connectivity index (χ0) is 17.4. The van der Waals surface area contributed by atoms with Crippen LogP contribution in [0.4, 0.5) is 4.39 Å². The average molecular weight is 348 g/mol. The molecule has 0 radical (unpaired) electrons. The number of hydrogen-bond donors (Lipinski definition) is 0. The molecule has 1 aliphatic carbocycles. The van der Waals surface area contributed by atoms with E-state index in [2.05, 4.69) is 25.0 Å². The van der Waals surface area contributed by atoms with Crippen molar-refractivity contribution in [2.24, 2.45) is 7.05 Å². The number of likely N-dealkylation sites (tertiary alicyclic amines) is 1. The van der Waals surface area contributed by atoms with Crippen LogP contribution in [0.2, 0.25) is 0 Å². The molecule has 0 amide bonds. The largest absolute Gasteiger partial charge is 0.338 e. The first kappa shape index (κ1) is 16.7. The summed E-state index contributed by atoms with van der Waals surface area (Å²) in [5.41, 5.74) is 1.10. The predicted molar refractivity (Wildman–Crippen MR) is 89.5 cm³/mol. The molecule has 136 valence electrons. The maximum absolute atomic E-state index is 14.0. The van der Waals surface area contributed by atoms with Gasteiger partial charge in [-0.05, 0) is 32.4 Å². The minimum atomic E-state index is -0.767. The third kappa shape index (κ3) is 3.90. The van der Waals surface area contributed by atoms with Crippen LogP contribution in [0.5, 0.6) is 0 Å². The molecule has 1 saturated carbocycles. The number of aryl methyl sites for hydroxylation is 1. The second-order valence-corrected chi connectivity index (χ2v) is 7.38. The SMILES string of the molecule is CN(Cc1nc(C2CC2)no1)C[C@@H]1C[C@H](F)CN1Cc1ccnn1C. The van der Waals surface area contributed by atoms with Gasteiger partial charge in [0.05, 0.1) is 12.2 Å². The summed E-state index contributed by atoms with van der Waals surface area (Å²) in [7, 11) is 3.95. The summed E-state index contributed by atoms with van der Waals surface area (Å²) < 4.78 is 21.2. The fraction of sp³-hybridized carbons (Fsp3) is 0.706. The molecule has 1 aliphatic heterocycles. The van der Waals surface area contributed by atoms with E-state index >= 15 is 0 Å². The van der Waals surface area contributed by atoms with Crippen molar-refractivity contribution in [2.45, 2.75) is 50.5 Å². The predicted octanol–water partition coefficient (Wildman–Crippen LogP) is 1.72. The number of nitrogens with zero attached hydrogens (tertiary/aromatic N) is 6. The molecule has 2 aliphatic rings. The molecule has 8 heteroatoms. The molecular weight excluding hydrogens is 323 g/mol. The van der Waals surface area contributed by atoms with E-state index in [9.17, 15) is 4.39 Å². The van der Waals surface area contributed by atoms with E-state index in [1.165, 1.54) is 0 Å². The molecule has 0 unspecified atom stereocenters. The highest BCUT2D eigenvalue weighted by atomic mass is 19.1. The maximum Gasteiger partial charge on any atom is 0.240 e. The third-order valence-electron chi connectivity index (χ3n) is 5.12. The molecule has 0 aromatic carbocycles. The molecule has 3 heterocycles. The van der Waals surface area contributed by atoms with Gasteiger partial charge in [0.25, 0.3) is 0 Å². The number of hydrogen-bond acceptors (Lipinski definition) is 6. The Morgan fingerprint density at radius 1 is 1.40 bits per heavy atom. The summed E-state index contributed by atoms with van der Waals surface area (Å²) in [5.74, 6) is 1.99. The van der Waals surface area contributed by atoms with Crippen molar-refractivity contribution in [3.8, 4) is 0 Å². The molecule has 4 rings (SSSR count). The highest BCUT2D eigenvalue weighted by Crippen LogP contribution is 2.38. The van der Waals surface area contributed by atoms with Gasteiger partial charge in [0.2, 0.25) is 5.89 Å². The molecule has 1 saturated heterocycles. The van der Waals surface area contributed by atoms with Crippen LogP contribution in [-0.2, 0) is 20.1 Å². The lowest BCUT2D eigenvalue weighted by molar-refractivity contribution is 0.168. The number of aromatic nitrogens is 4. The summed E-state index contributed by atoms with van der Waals surface area (Å²) >= 11 is 0. The van der Waals surface area contributed by atoms with Crippen LogP contribution in [0, 0.1) is 0 Å². The lowest BCUT2D eigenvalue weighted by atomic mass is 10.2. The van der Waals surface area contributed by atoms with Gasteiger partial charge in [-0.2, -0.15) is 10.1 Å². The topological polar surface area (TPSA) is 63.2 Å². The van der Waals surface area contributed by atoms with E-state index in [-0.39, 0.29) is 6.04 Å². The average Bonchev–Trinajstić information content (AvgIpc) is 3.03. The van der Waals surface area contributed by atoms with Gasteiger partial charge < -0.3 is 4.52 Å². The first-order chi connectivity index (χ1) is 12.1. The maximum atomic E-state index is 14.0. The molecule has 2 fully saturated rings. The van der Waals surface area contributed by atoms with E-state index in [0.29, 0.717) is 31.3 Å². The van der Waals surface area contributed by atoms with Crippen LogP contribution in [-0.4, -0.2) is 62.1 Å². The quantitative estimate of drug-likeness (QED) is 0.759. The Morgan fingerprint density at radius 2 is 2.24 bits per heavy atom. The Kier molecular flexibility index (Phi) is 4.56. The Balaban J connectivity index is 1.34. The zero-order valence-corrected chi connectivity index (χ0v) is 14.8. The fourth-order valence-electron chi connectivity index (χ4n) is 3.57. The first-order valence-corrected chi connectivity index (χ1v) is 8.94. The van der Waals surface area contributed by atoms with E-state index in [1.807, 2.05) is 24.8 Å². The minimum absolute atomic E-state index is 0.181. The van der Waals surface area contributed by atoms with Crippen LogP contribution in [0.3, 0.4) is 0 Å². The van der Waals surface area contributed by atoms with E-state index in [4.69, 9.17) is 4.52 Å². The first-order valence-electron chi connectivity index (χ1n) is 8.94. The minimum Gasteiger partial charge on any atom is -0.338 e. The van der Waals surface area contributed by atoms with Gasteiger partial charge in [0, 0.05) is 44.8 Å². The summed E-state index contributed by atoms with van der Waals surface area (Å²) in [6.45, 7) is 2.59. The van der Waals surface area contributed by atoms with E-state index in [1.54, 1.807) is 6.20 Å². The summed E-state index contributed by atoms with van der Waals surface area (Å²) in [6.07, 6.45) is 3.91. The molecule has 0 N–H and O–H groups in total. The smallest absolute Gasteiger partial charge is 0.240 e. The Labute approximate surface area is 146 Å². The van der Waals surface area contributed by atoms with E-state index < -0.39 is 6.17 Å². The van der Waals surface area contributed by atoms with Crippen LogP contribution in [0.15, 0.2) is 16.8 Å². The number of rotatable bonds is 7. The van der Waals surface area contributed by atoms with Gasteiger partial charge in [-0.25, -0.2) is 4.39 Å². The zero-order valence-electron chi connectivity index (χ0n) is 14.8. The Bertz CT molecular complexity index is 712.